The van der Waals surface area contributed by atoms with E-state index in [4.69, 9.17) is 0 Å². The van der Waals surface area contributed by atoms with Gasteiger partial charge in [0.25, 0.3) is 5.91 Å². The molecule has 0 spiro atoms. The van der Waals surface area contributed by atoms with Gasteiger partial charge >= 0.3 is 0 Å². The number of amides is 1. The molecule has 0 atom stereocenters. The summed E-state index contributed by atoms with van der Waals surface area (Å²) in [7, 11) is 1.88. The Labute approximate surface area is 208 Å². The highest BCUT2D eigenvalue weighted by Gasteiger charge is 2.10. The van der Waals surface area contributed by atoms with Crippen molar-refractivity contribution >= 4 is 17.7 Å². The van der Waals surface area contributed by atoms with Crippen LogP contribution >= 0.6 is 11.8 Å². The number of phenolic OH excluding ortho intramolecular Hbond substituents is 1. The Morgan fingerprint density at radius 1 is 1.09 bits per heavy atom. The van der Waals surface area contributed by atoms with E-state index in [0.717, 1.165) is 21.7 Å². The molecule has 0 aliphatic rings. The molecule has 0 bridgehead atoms. The van der Waals surface area contributed by atoms with E-state index in [1.807, 2.05) is 31.4 Å². The lowest BCUT2D eigenvalue weighted by Gasteiger charge is -2.09. The summed E-state index contributed by atoms with van der Waals surface area (Å²) in [5, 5.41) is 16.9. The number of halogens is 1. The van der Waals surface area contributed by atoms with Crippen molar-refractivity contribution in [3.05, 3.63) is 113 Å². The molecular weight excluding hydrogens is 461 g/mol. The zero-order chi connectivity index (χ0) is 24.6. The van der Waals surface area contributed by atoms with Gasteiger partial charge in [-0.05, 0) is 72.6 Å². The van der Waals surface area contributed by atoms with Gasteiger partial charge in [0, 0.05) is 47.1 Å². The summed E-state index contributed by atoms with van der Waals surface area (Å²) >= 11 is 1.59. The van der Waals surface area contributed by atoms with E-state index in [2.05, 4.69) is 22.3 Å². The molecule has 0 unspecified atom stereocenters. The third kappa shape index (κ3) is 6.98. The van der Waals surface area contributed by atoms with Crippen molar-refractivity contribution in [3.8, 4) is 17.6 Å². The number of nitrogens with zero attached hydrogens (tertiary/aromatic N) is 2. The van der Waals surface area contributed by atoms with Crippen molar-refractivity contribution in [1.29, 1.82) is 0 Å². The van der Waals surface area contributed by atoms with Gasteiger partial charge in [0.15, 0.2) is 0 Å². The van der Waals surface area contributed by atoms with Crippen molar-refractivity contribution in [2.45, 2.75) is 17.1 Å². The Balaban J connectivity index is 1.50. The Morgan fingerprint density at radius 2 is 1.91 bits per heavy atom. The van der Waals surface area contributed by atoms with Crippen molar-refractivity contribution in [2.24, 2.45) is 7.05 Å². The van der Waals surface area contributed by atoms with Crippen LogP contribution in [0.25, 0.3) is 0 Å². The number of aromatic hydroxyl groups is 1. The molecule has 4 aromatic rings. The Kier molecular flexibility index (Phi) is 7.86. The smallest absolute Gasteiger partial charge is 0.251 e. The monoisotopic (exact) mass is 485 g/mol. The molecule has 0 fully saturated rings. The number of carbonyl (C=O) groups excluding carboxylic acids is 1. The minimum absolute atomic E-state index is 0.198. The summed E-state index contributed by atoms with van der Waals surface area (Å²) in [6.07, 6.45) is 2.50. The third-order valence-corrected chi connectivity index (χ3v) is 6.29. The molecule has 0 aliphatic heterocycles. The first-order valence-electron chi connectivity index (χ1n) is 11.1. The van der Waals surface area contributed by atoms with E-state index in [-0.39, 0.29) is 17.5 Å². The normalized spacial score (nSPS) is 10.5. The van der Waals surface area contributed by atoms with Gasteiger partial charge in [0.2, 0.25) is 0 Å². The van der Waals surface area contributed by atoms with Crippen LogP contribution in [0.4, 0.5) is 4.39 Å². The number of carbonyl (C=O) groups is 1. The molecule has 5 nitrogen and oxygen atoms in total. The maximum absolute atomic E-state index is 13.2. The van der Waals surface area contributed by atoms with Crippen LogP contribution in [0, 0.1) is 17.7 Å². The number of thioether (sulfide) groups is 1. The molecule has 1 heterocycles. The van der Waals surface area contributed by atoms with E-state index < -0.39 is 0 Å². The number of hydrogen-bond acceptors (Lipinski definition) is 4. The fourth-order valence-corrected chi connectivity index (χ4v) is 4.28. The van der Waals surface area contributed by atoms with E-state index in [1.54, 1.807) is 58.9 Å². The van der Waals surface area contributed by atoms with Gasteiger partial charge in [-0.1, -0.05) is 24.0 Å². The second-order valence-electron chi connectivity index (χ2n) is 7.91. The van der Waals surface area contributed by atoms with Crippen molar-refractivity contribution in [2.75, 3.05) is 6.54 Å². The Morgan fingerprint density at radius 3 is 2.66 bits per heavy atom. The van der Waals surface area contributed by atoms with Gasteiger partial charge in [-0.3, -0.25) is 9.48 Å². The molecule has 1 amide bonds. The molecule has 2 N–H and O–H groups in total. The predicted molar refractivity (Wildman–Crippen MR) is 136 cm³/mol. The summed E-state index contributed by atoms with van der Waals surface area (Å²) < 4.78 is 15.0. The van der Waals surface area contributed by atoms with Crippen molar-refractivity contribution in [1.82, 2.24) is 15.1 Å². The van der Waals surface area contributed by atoms with E-state index >= 15 is 0 Å². The first-order chi connectivity index (χ1) is 17.0. The van der Waals surface area contributed by atoms with Gasteiger partial charge in [-0.15, -0.1) is 11.8 Å². The number of aromatic nitrogens is 2. The number of aryl methyl sites for hydroxylation is 1. The lowest BCUT2D eigenvalue weighted by atomic mass is 10.1. The molecule has 35 heavy (non-hydrogen) atoms. The zero-order valence-corrected chi connectivity index (χ0v) is 20.0. The van der Waals surface area contributed by atoms with E-state index in [9.17, 15) is 14.3 Å². The fourth-order valence-electron chi connectivity index (χ4n) is 3.39. The van der Waals surface area contributed by atoms with Crippen LogP contribution in [0.1, 0.15) is 32.7 Å². The maximum atomic E-state index is 13.2. The molecule has 4 rings (SSSR count). The average Bonchev–Trinajstić information content (AvgIpc) is 3.27. The highest BCUT2D eigenvalue weighted by Crippen LogP contribution is 2.26. The quantitative estimate of drug-likeness (QED) is 0.288. The van der Waals surface area contributed by atoms with Crippen LogP contribution in [0.15, 0.2) is 83.9 Å². The standard InChI is InChI=1S/C28H24FN3O2S/c1-32-16-14-25(31-32)19-35-27-12-9-23(18-22(27)8-5-20-6-10-24(29)11-7-20)28(34)30-15-13-21-3-2-4-26(33)17-21/h2-4,6-7,9-12,14,16-18,33H,13,15,19H2,1H3,(H,30,34). The number of benzene rings is 3. The number of rotatable bonds is 7. The van der Waals surface area contributed by atoms with Crippen molar-refractivity contribution < 1.29 is 14.3 Å². The highest BCUT2D eigenvalue weighted by atomic mass is 32.2. The number of phenols is 1. The lowest BCUT2D eigenvalue weighted by molar-refractivity contribution is 0.0954. The first kappa shape index (κ1) is 24.1. The lowest BCUT2D eigenvalue weighted by Crippen LogP contribution is -2.25. The Hall–Kier alpha value is -4.02. The molecule has 176 valence electrons. The average molecular weight is 486 g/mol. The summed E-state index contributed by atoms with van der Waals surface area (Å²) in [5.41, 5.74) is 3.80. The minimum Gasteiger partial charge on any atom is -0.508 e. The summed E-state index contributed by atoms with van der Waals surface area (Å²) in [6, 6.07) is 20.4. The molecule has 7 heteroatoms. The number of hydrogen-bond donors (Lipinski definition) is 2. The highest BCUT2D eigenvalue weighted by molar-refractivity contribution is 7.98. The fraction of sp³-hybridized carbons (Fsp3) is 0.143. The third-order valence-electron chi connectivity index (χ3n) is 5.18. The molecule has 3 aromatic carbocycles. The molecule has 0 aliphatic carbocycles. The van der Waals surface area contributed by atoms with Gasteiger partial charge in [-0.2, -0.15) is 5.10 Å². The molecular formula is C28H24FN3O2S. The molecule has 0 radical (unpaired) electrons. The second kappa shape index (κ2) is 11.4. The van der Waals surface area contributed by atoms with Crippen LogP contribution < -0.4 is 5.32 Å². The second-order valence-corrected chi connectivity index (χ2v) is 8.93. The van der Waals surface area contributed by atoms with Crippen LogP contribution in [0.5, 0.6) is 5.75 Å². The largest absolute Gasteiger partial charge is 0.508 e. The van der Waals surface area contributed by atoms with E-state index in [1.165, 1.54) is 12.1 Å². The van der Waals surface area contributed by atoms with Crippen LogP contribution in [0.2, 0.25) is 0 Å². The van der Waals surface area contributed by atoms with Crippen molar-refractivity contribution in [3.63, 3.8) is 0 Å². The Bertz CT molecular complexity index is 1390. The first-order valence-corrected chi connectivity index (χ1v) is 12.0. The molecule has 1 aromatic heterocycles. The zero-order valence-electron chi connectivity index (χ0n) is 19.2. The maximum Gasteiger partial charge on any atom is 0.251 e. The van der Waals surface area contributed by atoms with Gasteiger partial charge in [0.05, 0.1) is 5.69 Å². The van der Waals surface area contributed by atoms with Gasteiger partial charge in [-0.25, -0.2) is 4.39 Å². The van der Waals surface area contributed by atoms with Crippen LogP contribution in [-0.4, -0.2) is 27.3 Å². The van der Waals surface area contributed by atoms with Crippen LogP contribution in [-0.2, 0) is 19.2 Å². The number of nitrogens with one attached hydrogen (secondary N) is 1. The summed E-state index contributed by atoms with van der Waals surface area (Å²) in [4.78, 5) is 13.7. The van der Waals surface area contributed by atoms with Gasteiger partial charge in [0.1, 0.15) is 11.6 Å². The van der Waals surface area contributed by atoms with Gasteiger partial charge < -0.3 is 10.4 Å². The SMILES string of the molecule is Cn1ccc(CSc2ccc(C(=O)NCCc3cccc(O)c3)cc2C#Cc2ccc(F)cc2)n1. The van der Waals surface area contributed by atoms with E-state index in [0.29, 0.717) is 29.8 Å². The summed E-state index contributed by atoms with van der Waals surface area (Å²) in [6.45, 7) is 0.440. The summed E-state index contributed by atoms with van der Waals surface area (Å²) in [5.74, 6) is 6.57. The molecule has 0 saturated carbocycles. The minimum atomic E-state index is -0.313. The van der Waals surface area contributed by atoms with Crippen LogP contribution in [0.3, 0.4) is 0 Å². The topological polar surface area (TPSA) is 67.2 Å². The predicted octanol–water partition coefficient (Wildman–Crippen LogP) is 4.93. The molecule has 0 saturated heterocycles.